The van der Waals surface area contributed by atoms with Crippen molar-refractivity contribution in [3.8, 4) is 5.69 Å². The Hall–Kier alpha value is -4.10. The molecule has 6 nitrogen and oxygen atoms in total. The number of benzene rings is 3. The fourth-order valence-corrected chi connectivity index (χ4v) is 6.31. The minimum Gasteiger partial charge on any atom is -0.322 e. The number of thioether (sulfide) groups is 1. The quantitative estimate of drug-likeness (QED) is 0.224. The summed E-state index contributed by atoms with van der Waals surface area (Å²) < 4.78 is 2.24. The number of hydrogen-bond acceptors (Lipinski definition) is 4. The molecule has 1 aliphatic rings. The summed E-state index contributed by atoms with van der Waals surface area (Å²) in [5.41, 5.74) is 12.0. The second-order valence-electron chi connectivity index (χ2n) is 9.89. The van der Waals surface area contributed by atoms with E-state index in [0.717, 1.165) is 28.1 Å². The Morgan fingerprint density at radius 3 is 2.36 bits per heavy atom. The van der Waals surface area contributed by atoms with Gasteiger partial charge in [0.15, 0.2) is 0 Å². The number of para-hydroxylation sites is 1. The van der Waals surface area contributed by atoms with Crippen molar-refractivity contribution >= 4 is 29.8 Å². The molecule has 1 N–H and O–H groups in total. The Morgan fingerprint density at radius 2 is 1.67 bits per heavy atom. The van der Waals surface area contributed by atoms with Crippen LogP contribution in [0.5, 0.6) is 0 Å². The molecule has 1 aromatic heterocycles. The number of carbonyl (C=O) groups is 2. The van der Waals surface area contributed by atoms with Crippen LogP contribution in [0.3, 0.4) is 0 Å². The Labute approximate surface area is 233 Å². The molecule has 1 atom stereocenters. The van der Waals surface area contributed by atoms with Gasteiger partial charge in [-0.1, -0.05) is 60.7 Å². The maximum absolute atomic E-state index is 12.8. The molecular weight excluding hydrogens is 504 g/mol. The molecular formula is C32H32N4O2S. The summed E-state index contributed by atoms with van der Waals surface area (Å²) in [5, 5.41) is 4.18. The molecule has 1 aliphatic heterocycles. The van der Waals surface area contributed by atoms with E-state index in [1.165, 1.54) is 16.8 Å². The van der Waals surface area contributed by atoms with Gasteiger partial charge < -0.3 is 9.47 Å². The molecule has 0 unspecified atom stereocenters. The third kappa shape index (κ3) is 5.54. The van der Waals surface area contributed by atoms with Crippen LogP contribution in [-0.4, -0.2) is 33.2 Å². The Bertz CT molecular complexity index is 1520. The van der Waals surface area contributed by atoms with Gasteiger partial charge in [0.1, 0.15) is 5.37 Å². The molecule has 0 aliphatic carbocycles. The first-order valence-corrected chi connectivity index (χ1v) is 14.0. The lowest BCUT2D eigenvalue weighted by atomic mass is 10.1. The zero-order valence-electron chi connectivity index (χ0n) is 22.6. The zero-order valence-corrected chi connectivity index (χ0v) is 23.5. The number of aryl methyl sites for hydroxylation is 3. The van der Waals surface area contributed by atoms with E-state index < -0.39 is 0 Å². The number of aromatic nitrogens is 1. The van der Waals surface area contributed by atoms with Gasteiger partial charge in [-0.15, -0.1) is 11.8 Å². The molecule has 1 fully saturated rings. The molecule has 0 saturated carbocycles. The highest BCUT2D eigenvalue weighted by molar-refractivity contribution is 8.00. The minimum atomic E-state index is -0.280. The SMILES string of the molecule is Cc1cccc(C)c1-n1c(C)cc(/C=N\NC(=O)c2ccc([C@@H]3SCC(=O)N3Cc3ccccc3)cc2)c1C. The summed E-state index contributed by atoms with van der Waals surface area (Å²) in [5.74, 6) is 0.304. The number of carbonyl (C=O) groups excluding carboxylic acids is 2. The molecule has 2 amide bonds. The number of nitrogens with zero attached hydrogens (tertiary/aromatic N) is 3. The van der Waals surface area contributed by atoms with Gasteiger partial charge in [0, 0.05) is 29.1 Å². The third-order valence-corrected chi connectivity index (χ3v) is 8.38. The lowest BCUT2D eigenvalue weighted by molar-refractivity contribution is -0.128. The van der Waals surface area contributed by atoms with Gasteiger partial charge in [0.05, 0.1) is 17.7 Å². The second-order valence-corrected chi connectivity index (χ2v) is 11.0. The van der Waals surface area contributed by atoms with Crippen LogP contribution in [0.15, 0.2) is 84.0 Å². The molecule has 7 heteroatoms. The van der Waals surface area contributed by atoms with E-state index in [1.807, 2.05) is 47.4 Å². The summed E-state index contributed by atoms with van der Waals surface area (Å²) in [7, 11) is 0. The van der Waals surface area contributed by atoms with Gasteiger partial charge >= 0.3 is 0 Å². The predicted octanol–water partition coefficient (Wildman–Crippen LogP) is 6.25. The monoisotopic (exact) mass is 536 g/mol. The van der Waals surface area contributed by atoms with Crippen molar-refractivity contribution in [1.29, 1.82) is 0 Å². The first-order chi connectivity index (χ1) is 18.8. The fourth-order valence-electron chi connectivity index (χ4n) is 5.13. The summed E-state index contributed by atoms with van der Waals surface area (Å²) in [6.07, 6.45) is 1.70. The number of hydrogen-bond donors (Lipinski definition) is 1. The summed E-state index contributed by atoms with van der Waals surface area (Å²) in [6, 6.07) is 25.8. The minimum absolute atomic E-state index is 0.0695. The van der Waals surface area contributed by atoms with Crippen molar-refractivity contribution < 1.29 is 9.59 Å². The van der Waals surface area contributed by atoms with Crippen molar-refractivity contribution in [2.75, 3.05) is 5.75 Å². The van der Waals surface area contributed by atoms with Crippen LogP contribution in [0.2, 0.25) is 0 Å². The lowest BCUT2D eigenvalue weighted by Gasteiger charge is -2.24. The Morgan fingerprint density at radius 1 is 0.974 bits per heavy atom. The van der Waals surface area contributed by atoms with Crippen LogP contribution in [0, 0.1) is 27.7 Å². The molecule has 0 spiro atoms. The highest BCUT2D eigenvalue weighted by atomic mass is 32.2. The van der Waals surface area contributed by atoms with Crippen molar-refractivity contribution in [3.05, 3.63) is 124 Å². The molecule has 0 radical (unpaired) electrons. The summed E-state index contributed by atoms with van der Waals surface area (Å²) in [4.78, 5) is 27.2. The van der Waals surface area contributed by atoms with E-state index in [9.17, 15) is 9.59 Å². The van der Waals surface area contributed by atoms with Gasteiger partial charge in [-0.3, -0.25) is 9.59 Å². The summed E-state index contributed by atoms with van der Waals surface area (Å²) >= 11 is 1.61. The highest BCUT2D eigenvalue weighted by Crippen LogP contribution is 2.39. The van der Waals surface area contributed by atoms with Gasteiger partial charge in [0.25, 0.3) is 5.91 Å². The van der Waals surface area contributed by atoms with E-state index in [2.05, 4.69) is 67.1 Å². The first-order valence-electron chi connectivity index (χ1n) is 13.0. The van der Waals surface area contributed by atoms with Crippen molar-refractivity contribution in [2.45, 2.75) is 39.6 Å². The van der Waals surface area contributed by atoms with Crippen LogP contribution in [-0.2, 0) is 11.3 Å². The average molecular weight is 537 g/mol. The number of amides is 2. The average Bonchev–Trinajstić information content (AvgIpc) is 3.43. The normalized spacial score (nSPS) is 15.3. The van der Waals surface area contributed by atoms with Crippen LogP contribution in [0.25, 0.3) is 5.69 Å². The number of rotatable bonds is 7. The van der Waals surface area contributed by atoms with Gasteiger partial charge in [-0.25, -0.2) is 5.43 Å². The third-order valence-electron chi connectivity index (χ3n) is 7.12. The molecule has 1 saturated heterocycles. The molecule has 39 heavy (non-hydrogen) atoms. The van der Waals surface area contributed by atoms with Crippen molar-refractivity contribution in [1.82, 2.24) is 14.9 Å². The van der Waals surface area contributed by atoms with Crippen LogP contribution in [0.1, 0.15) is 54.9 Å². The van der Waals surface area contributed by atoms with Crippen LogP contribution >= 0.6 is 11.8 Å². The molecule has 198 valence electrons. The Balaban J connectivity index is 1.26. The maximum atomic E-state index is 12.8. The molecule has 3 aromatic carbocycles. The zero-order chi connectivity index (χ0) is 27.5. The second kappa shape index (κ2) is 11.3. The van der Waals surface area contributed by atoms with Crippen molar-refractivity contribution in [2.24, 2.45) is 5.10 Å². The van der Waals surface area contributed by atoms with E-state index in [1.54, 1.807) is 30.1 Å². The molecule has 5 rings (SSSR count). The fraction of sp³-hybridized carbons (Fsp3) is 0.219. The predicted molar refractivity (Wildman–Crippen MR) is 158 cm³/mol. The van der Waals surface area contributed by atoms with E-state index >= 15 is 0 Å². The molecule has 0 bridgehead atoms. The molecule has 4 aromatic rings. The lowest BCUT2D eigenvalue weighted by Crippen LogP contribution is -2.27. The standard InChI is InChI=1S/C32H32N4O2S/c1-21-9-8-10-22(2)30(21)36-23(3)17-28(24(36)4)18-33-34-31(38)26-13-15-27(16-14-26)32-35(29(37)20-39-32)19-25-11-6-5-7-12-25/h5-18,32H,19-20H2,1-4H3,(H,34,38)/b33-18-/t32-/m0/s1. The van der Waals surface area contributed by atoms with Gasteiger partial charge in [-0.2, -0.15) is 5.10 Å². The summed E-state index contributed by atoms with van der Waals surface area (Å²) in [6.45, 7) is 8.94. The maximum Gasteiger partial charge on any atom is 0.271 e. The van der Waals surface area contributed by atoms with E-state index in [-0.39, 0.29) is 17.2 Å². The van der Waals surface area contributed by atoms with E-state index in [4.69, 9.17) is 0 Å². The van der Waals surface area contributed by atoms with Gasteiger partial charge in [-0.05, 0) is 68.1 Å². The Kier molecular flexibility index (Phi) is 7.70. The number of nitrogens with one attached hydrogen (secondary N) is 1. The van der Waals surface area contributed by atoms with Crippen LogP contribution in [0.4, 0.5) is 0 Å². The van der Waals surface area contributed by atoms with E-state index in [0.29, 0.717) is 17.9 Å². The van der Waals surface area contributed by atoms with Gasteiger partial charge in [0.2, 0.25) is 5.91 Å². The largest absolute Gasteiger partial charge is 0.322 e. The first kappa shape index (κ1) is 26.5. The van der Waals surface area contributed by atoms with Crippen molar-refractivity contribution in [3.63, 3.8) is 0 Å². The smallest absolute Gasteiger partial charge is 0.271 e. The number of hydrazone groups is 1. The molecule has 2 heterocycles. The highest BCUT2D eigenvalue weighted by Gasteiger charge is 2.32. The topological polar surface area (TPSA) is 66.7 Å². The van der Waals surface area contributed by atoms with Crippen LogP contribution < -0.4 is 5.43 Å².